The maximum absolute atomic E-state index is 13.0. The van der Waals surface area contributed by atoms with Gasteiger partial charge in [-0.15, -0.1) is 0 Å². The molecular formula is C24H28N6O3S. The van der Waals surface area contributed by atoms with E-state index in [9.17, 15) is 14.4 Å². The molecule has 0 bridgehead atoms. The Balaban J connectivity index is 1.20. The van der Waals surface area contributed by atoms with Gasteiger partial charge in [0.05, 0.1) is 0 Å². The third kappa shape index (κ3) is 5.11. The van der Waals surface area contributed by atoms with Crippen molar-refractivity contribution in [2.45, 2.75) is 51.7 Å². The van der Waals surface area contributed by atoms with Gasteiger partial charge in [0, 0.05) is 31.6 Å². The highest BCUT2D eigenvalue weighted by Gasteiger charge is 2.30. The monoisotopic (exact) mass is 480 g/mol. The van der Waals surface area contributed by atoms with Crippen molar-refractivity contribution >= 4 is 38.6 Å². The van der Waals surface area contributed by atoms with Gasteiger partial charge in [0.25, 0.3) is 5.56 Å². The van der Waals surface area contributed by atoms with Crippen LogP contribution in [0.25, 0.3) is 10.3 Å². The van der Waals surface area contributed by atoms with Crippen LogP contribution in [0.2, 0.25) is 0 Å². The molecule has 0 unspecified atom stereocenters. The Bertz CT molecular complexity index is 1260. The highest BCUT2D eigenvalue weighted by molar-refractivity contribution is 7.22. The SMILES string of the molecule is Cc1ccc(CNC(=O)Cn2cnc3nc(N4CCC(C(=O)NC5CC5)CC4)sc3c2=O)cc1. The predicted octanol–water partition coefficient (Wildman–Crippen LogP) is 1.97. The van der Waals surface area contributed by atoms with Crippen LogP contribution in [0, 0.1) is 12.8 Å². The molecule has 1 saturated carbocycles. The molecule has 2 aliphatic rings. The number of aromatic nitrogens is 3. The molecule has 10 heteroatoms. The molecule has 3 heterocycles. The first-order chi connectivity index (χ1) is 16.5. The first-order valence-corrected chi connectivity index (χ1v) is 12.5. The summed E-state index contributed by atoms with van der Waals surface area (Å²) in [5, 5.41) is 6.68. The average molecular weight is 481 g/mol. The lowest BCUT2D eigenvalue weighted by atomic mass is 9.96. The van der Waals surface area contributed by atoms with Crippen LogP contribution in [0.3, 0.4) is 0 Å². The molecule has 2 aromatic heterocycles. The molecule has 2 amide bonds. The van der Waals surface area contributed by atoms with Crippen molar-refractivity contribution in [3.63, 3.8) is 0 Å². The van der Waals surface area contributed by atoms with Crippen molar-refractivity contribution in [2.24, 2.45) is 5.92 Å². The zero-order valence-electron chi connectivity index (χ0n) is 19.1. The lowest BCUT2D eigenvalue weighted by Crippen LogP contribution is -2.41. The Morgan fingerprint density at radius 3 is 2.56 bits per heavy atom. The van der Waals surface area contributed by atoms with Gasteiger partial charge in [0.2, 0.25) is 11.8 Å². The van der Waals surface area contributed by atoms with Gasteiger partial charge in [-0.2, -0.15) is 4.98 Å². The number of rotatable bonds is 7. The molecule has 2 N–H and O–H groups in total. The third-order valence-corrected chi connectivity index (χ3v) is 7.45. The molecule has 0 radical (unpaired) electrons. The number of piperidine rings is 1. The van der Waals surface area contributed by atoms with Crippen LogP contribution in [-0.2, 0) is 22.7 Å². The van der Waals surface area contributed by atoms with Crippen LogP contribution < -0.4 is 21.1 Å². The number of amides is 2. The molecule has 2 fully saturated rings. The summed E-state index contributed by atoms with van der Waals surface area (Å²) in [4.78, 5) is 48.7. The van der Waals surface area contributed by atoms with Gasteiger partial charge in [0.15, 0.2) is 10.8 Å². The van der Waals surface area contributed by atoms with Crippen molar-refractivity contribution in [1.82, 2.24) is 25.2 Å². The van der Waals surface area contributed by atoms with Crippen molar-refractivity contribution in [2.75, 3.05) is 18.0 Å². The van der Waals surface area contributed by atoms with Crippen LogP contribution in [0.5, 0.6) is 0 Å². The fourth-order valence-electron chi connectivity index (χ4n) is 4.08. The first kappa shape index (κ1) is 22.5. The molecule has 0 atom stereocenters. The Kier molecular flexibility index (Phi) is 6.32. The number of anilines is 1. The molecule has 1 aliphatic heterocycles. The largest absolute Gasteiger partial charge is 0.353 e. The smallest absolute Gasteiger partial charge is 0.273 e. The van der Waals surface area contributed by atoms with E-state index in [1.54, 1.807) is 0 Å². The highest BCUT2D eigenvalue weighted by Crippen LogP contribution is 2.30. The van der Waals surface area contributed by atoms with Crippen molar-refractivity contribution in [3.8, 4) is 0 Å². The Hall–Kier alpha value is -3.27. The van der Waals surface area contributed by atoms with Crippen molar-refractivity contribution in [1.29, 1.82) is 0 Å². The molecule has 9 nitrogen and oxygen atoms in total. The normalized spacial score (nSPS) is 16.6. The maximum atomic E-state index is 13.0. The van der Waals surface area contributed by atoms with Crippen LogP contribution in [-0.4, -0.2) is 45.5 Å². The van der Waals surface area contributed by atoms with E-state index in [4.69, 9.17) is 0 Å². The zero-order valence-corrected chi connectivity index (χ0v) is 19.9. The van der Waals surface area contributed by atoms with E-state index in [0.717, 1.165) is 55.0 Å². The maximum Gasteiger partial charge on any atom is 0.273 e. The molecule has 1 aromatic carbocycles. The summed E-state index contributed by atoms with van der Waals surface area (Å²) in [6, 6.07) is 8.31. The summed E-state index contributed by atoms with van der Waals surface area (Å²) in [6.07, 6.45) is 5.11. The first-order valence-electron chi connectivity index (χ1n) is 11.7. The molecular weight excluding hydrogens is 452 g/mol. The van der Waals surface area contributed by atoms with E-state index in [1.165, 1.54) is 22.2 Å². The third-order valence-electron chi connectivity index (χ3n) is 6.36. The number of thiazole rings is 1. The van der Waals surface area contributed by atoms with Gasteiger partial charge in [-0.25, -0.2) is 4.98 Å². The lowest BCUT2D eigenvalue weighted by Gasteiger charge is -2.30. The highest BCUT2D eigenvalue weighted by atomic mass is 32.1. The summed E-state index contributed by atoms with van der Waals surface area (Å²) in [7, 11) is 0. The van der Waals surface area contributed by atoms with E-state index in [1.807, 2.05) is 31.2 Å². The number of benzene rings is 1. The summed E-state index contributed by atoms with van der Waals surface area (Å²) >= 11 is 1.30. The topological polar surface area (TPSA) is 109 Å². The lowest BCUT2D eigenvalue weighted by molar-refractivity contribution is -0.125. The zero-order chi connectivity index (χ0) is 23.7. The number of carbonyl (C=O) groups excluding carboxylic acids is 2. The molecule has 1 aliphatic carbocycles. The van der Waals surface area contributed by atoms with Crippen LogP contribution in [0.15, 0.2) is 35.4 Å². The summed E-state index contributed by atoms with van der Waals surface area (Å²) in [6.45, 7) is 3.76. The fraction of sp³-hybridized carbons (Fsp3) is 0.458. The second kappa shape index (κ2) is 9.54. The van der Waals surface area contributed by atoms with E-state index in [-0.39, 0.29) is 29.8 Å². The molecule has 5 rings (SSSR count). The molecule has 0 spiro atoms. The molecule has 1 saturated heterocycles. The number of aryl methyl sites for hydroxylation is 1. The van der Waals surface area contributed by atoms with Crippen molar-refractivity contribution < 1.29 is 9.59 Å². The van der Waals surface area contributed by atoms with E-state index in [0.29, 0.717) is 22.9 Å². The van der Waals surface area contributed by atoms with Crippen molar-refractivity contribution in [3.05, 3.63) is 52.1 Å². The minimum atomic E-state index is -0.266. The van der Waals surface area contributed by atoms with Gasteiger partial charge in [-0.3, -0.25) is 19.0 Å². The minimum Gasteiger partial charge on any atom is -0.353 e. The van der Waals surface area contributed by atoms with Crippen LogP contribution in [0.4, 0.5) is 5.13 Å². The van der Waals surface area contributed by atoms with E-state index in [2.05, 4.69) is 25.5 Å². The number of fused-ring (bicyclic) bond motifs is 1. The summed E-state index contributed by atoms with van der Waals surface area (Å²) in [5.41, 5.74) is 2.29. The Morgan fingerprint density at radius 1 is 1.12 bits per heavy atom. The quantitative estimate of drug-likeness (QED) is 0.535. The van der Waals surface area contributed by atoms with Crippen LogP contribution >= 0.6 is 11.3 Å². The second-order valence-electron chi connectivity index (χ2n) is 9.13. The molecule has 3 aromatic rings. The average Bonchev–Trinajstić information content (AvgIpc) is 3.55. The van der Waals surface area contributed by atoms with Crippen LogP contribution in [0.1, 0.15) is 36.8 Å². The standard InChI is InChI=1S/C24H28N6O3S/c1-15-2-4-16(5-3-15)12-25-19(31)13-30-14-26-21-20(23(30)33)34-24(28-21)29-10-8-17(9-11-29)22(32)27-18-6-7-18/h2-5,14,17-18H,6-13H2,1H3,(H,25,31)(H,27,32). The molecule has 34 heavy (non-hydrogen) atoms. The summed E-state index contributed by atoms with van der Waals surface area (Å²) in [5.74, 6) is -0.0447. The van der Waals surface area contributed by atoms with Gasteiger partial charge in [-0.05, 0) is 38.2 Å². The molecule has 178 valence electrons. The van der Waals surface area contributed by atoms with E-state index >= 15 is 0 Å². The second-order valence-corrected chi connectivity index (χ2v) is 10.1. The number of carbonyl (C=O) groups is 2. The van der Waals surface area contributed by atoms with Gasteiger partial charge >= 0.3 is 0 Å². The summed E-state index contributed by atoms with van der Waals surface area (Å²) < 4.78 is 1.76. The number of hydrogen-bond acceptors (Lipinski definition) is 7. The number of hydrogen-bond donors (Lipinski definition) is 2. The van der Waals surface area contributed by atoms with Gasteiger partial charge in [0.1, 0.15) is 17.6 Å². The predicted molar refractivity (Wildman–Crippen MR) is 131 cm³/mol. The van der Waals surface area contributed by atoms with Gasteiger partial charge < -0.3 is 15.5 Å². The fourth-order valence-corrected chi connectivity index (χ4v) is 5.10. The Morgan fingerprint density at radius 2 is 1.85 bits per heavy atom. The Labute approximate surface area is 201 Å². The van der Waals surface area contributed by atoms with Gasteiger partial charge in [-0.1, -0.05) is 41.2 Å². The van der Waals surface area contributed by atoms with E-state index < -0.39 is 0 Å². The number of nitrogens with zero attached hydrogens (tertiary/aromatic N) is 4. The minimum absolute atomic E-state index is 0.0417. The number of nitrogens with one attached hydrogen (secondary N) is 2.